The van der Waals surface area contributed by atoms with Crippen molar-refractivity contribution in [3.8, 4) is 6.07 Å². The number of imidazole rings is 1. The molecule has 1 heterocycles. The molecule has 3 aromatic rings. The highest BCUT2D eigenvalue weighted by atomic mass is 19.1. The summed E-state index contributed by atoms with van der Waals surface area (Å²) in [6.07, 6.45) is 3.67. The zero-order chi connectivity index (χ0) is 16.9. The molecule has 3 rings (SSSR count). The molecule has 0 saturated heterocycles. The molecule has 4 nitrogen and oxygen atoms in total. The second-order valence-corrected chi connectivity index (χ2v) is 5.59. The maximum Gasteiger partial charge on any atom is 0.147 e. The second kappa shape index (κ2) is 6.97. The van der Waals surface area contributed by atoms with Gasteiger partial charge in [0.05, 0.1) is 23.9 Å². The molecule has 0 atom stereocenters. The number of benzene rings is 2. The van der Waals surface area contributed by atoms with Crippen molar-refractivity contribution in [3.63, 3.8) is 0 Å². The molecular weight excluding hydrogens is 303 g/mol. The van der Waals surface area contributed by atoms with Gasteiger partial charge < -0.3 is 9.47 Å². The van der Waals surface area contributed by atoms with Gasteiger partial charge in [-0.05, 0) is 23.8 Å². The Morgan fingerprint density at radius 3 is 2.71 bits per heavy atom. The first-order chi connectivity index (χ1) is 11.7. The Morgan fingerprint density at radius 2 is 2.00 bits per heavy atom. The molecule has 0 amide bonds. The Labute approximate surface area is 140 Å². The van der Waals surface area contributed by atoms with Gasteiger partial charge in [0, 0.05) is 26.0 Å². The molecule has 1 aromatic heterocycles. The van der Waals surface area contributed by atoms with Crippen LogP contribution >= 0.6 is 0 Å². The standard InChI is InChI=1S/C19H17FN4/c1-23(18-8-7-16(12-21)11-17(18)20)14-19-22-9-10-24(19)13-15-5-3-2-4-6-15/h2-11H,13-14H2,1H3. The van der Waals surface area contributed by atoms with E-state index in [1.165, 1.54) is 11.6 Å². The lowest BCUT2D eigenvalue weighted by atomic mass is 10.2. The molecule has 0 N–H and O–H groups in total. The van der Waals surface area contributed by atoms with Crippen molar-refractivity contribution < 1.29 is 4.39 Å². The normalized spacial score (nSPS) is 10.4. The van der Waals surface area contributed by atoms with Crippen LogP contribution in [0.3, 0.4) is 0 Å². The summed E-state index contributed by atoms with van der Waals surface area (Å²) in [6, 6.07) is 16.6. The minimum absolute atomic E-state index is 0.315. The molecule has 0 aliphatic heterocycles. The largest absolute Gasteiger partial charge is 0.365 e. The number of anilines is 1. The lowest BCUT2D eigenvalue weighted by Crippen LogP contribution is -2.21. The topological polar surface area (TPSA) is 44.9 Å². The number of nitriles is 1. The molecule has 0 saturated carbocycles. The summed E-state index contributed by atoms with van der Waals surface area (Å²) in [4.78, 5) is 6.18. The Bertz CT molecular complexity index is 865. The number of rotatable bonds is 5. The Morgan fingerprint density at radius 1 is 1.21 bits per heavy atom. The van der Waals surface area contributed by atoms with E-state index in [2.05, 4.69) is 17.1 Å². The summed E-state index contributed by atoms with van der Waals surface area (Å²) in [5.74, 6) is 0.447. The lowest BCUT2D eigenvalue weighted by Gasteiger charge is -2.20. The molecule has 0 fully saturated rings. The van der Waals surface area contributed by atoms with Gasteiger partial charge in [0.25, 0.3) is 0 Å². The van der Waals surface area contributed by atoms with Crippen LogP contribution in [0.1, 0.15) is 17.0 Å². The van der Waals surface area contributed by atoms with Crippen LogP contribution in [0.25, 0.3) is 0 Å². The fourth-order valence-corrected chi connectivity index (χ4v) is 2.60. The van der Waals surface area contributed by atoms with E-state index in [9.17, 15) is 4.39 Å². The Kier molecular flexibility index (Phi) is 4.57. The van der Waals surface area contributed by atoms with Crippen LogP contribution in [0.5, 0.6) is 0 Å². The Balaban J connectivity index is 1.77. The average molecular weight is 320 g/mol. The number of hydrogen-bond acceptors (Lipinski definition) is 3. The molecule has 0 bridgehead atoms. The third-order valence-electron chi connectivity index (χ3n) is 3.86. The van der Waals surface area contributed by atoms with Gasteiger partial charge in [-0.15, -0.1) is 0 Å². The predicted molar refractivity (Wildman–Crippen MR) is 91.0 cm³/mol. The highest BCUT2D eigenvalue weighted by molar-refractivity contribution is 5.50. The quantitative estimate of drug-likeness (QED) is 0.722. The summed E-state index contributed by atoms with van der Waals surface area (Å²) >= 11 is 0. The highest BCUT2D eigenvalue weighted by Crippen LogP contribution is 2.21. The molecule has 120 valence electrons. The third-order valence-corrected chi connectivity index (χ3v) is 3.86. The fraction of sp³-hybridized carbons (Fsp3) is 0.158. The summed E-state index contributed by atoms with van der Waals surface area (Å²) in [5.41, 5.74) is 1.95. The maximum absolute atomic E-state index is 14.1. The van der Waals surface area contributed by atoms with Crippen molar-refractivity contribution in [1.29, 1.82) is 5.26 Å². The predicted octanol–water partition coefficient (Wildman–Crippen LogP) is 3.58. The molecule has 0 aliphatic rings. The van der Waals surface area contributed by atoms with Crippen molar-refractivity contribution >= 4 is 5.69 Å². The van der Waals surface area contributed by atoms with Crippen LogP contribution in [-0.2, 0) is 13.1 Å². The third kappa shape index (κ3) is 3.44. The molecule has 5 heteroatoms. The first kappa shape index (κ1) is 15.8. The van der Waals surface area contributed by atoms with E-state index < -0.39 is 5.82 Å². The van der Waals surface area contributed by atoms with Gasteiger partial charge in [-0.25, -0.2) is 9.37 Å². The lowest BCUT2D eigenvalue weighted by molar-refractivity contribution is 0.617. The van der Waals surface area contributed by atoms with Crippen molar-refractivity contribution in [3.05, 3.63) is 83.7 Å². The SMILES string of the molecule is CN(Cc1nccn1Cc1ccccc1)c1ccc(C#N)cc1F. The van der Waals surface area contributed by atoms with Crippen molar-refractivity contribution in [2.24, 2.45) is 0 Å². The summed E-state index contributed by atoms with van der Waals surface area (Å²) in [6.45, 7) is 1.20. The van der Waals surface area contributed by atoms with Gasteiger partial charge in [0.1, 0.15) is 11.6 Å². The van der Waals surface area contributed by atoms with Gasteiger partial charge in [-0.2, -0.15) is 5.26 Å². The van der Waals surface area contributed by atoms with Crippen LogP contribution in [0.15, 0.2) is 60.9 Å². The average Bonchev–Trinajstić information content (AvgIpc) is 3.02. The molecule has 24 heavy (non-hydrogen) atoms. The second-order valence-electron chi connectivity index (χ2n) is 5.59. The summed E-state index contributed by atoms with van der Waals surface area (Å²) < 4.78 is 16.2. The molecular formula is C19H17FN4. The van der Waals surface area contributed by atoms with E-state index in [-0.39, 0.29) is 0 Å². The van der Waals surface area contributed by atoms with E-state index in [0.29, 0.717) is 17.8 Å². The van der Waals surface area contributed by atoms with Crippen molar-refractivity contribution in [2.75, 3.05) is 11.9 Å². The minimum atomic E-state index is -0.405. The number of halogens is 1. The molecule has 0 radical (unpaired) electrons. The van der Waals surface area contributed by atoms with Crippen LogP contribution in [0.4, 0.5) is 10.1 Å². The minimum Gasteiger partial charge on any atom is -0.365 e. The number of aromatic nitrogens is 2. The van der Waals surface area contributed by atoms with Gasteiger partial charge in [-0.1, -0.05) is 30.3 Å². The van der Waals surface area contributed by atoms with E-state index in [4.69, 9.17) is 5.26 Å². The number of hydrogen-bond donors (Lipinski definition) is 0. The van der Waals surface area contributed by atoms with Crippen molar-refractivity contribution in [2.45, 2.75) is 13.1 Å². The van der Waals surface area contributed by atoms with Gasteiger partial charge in [0.15, 0.2) is 0 Å². The Hall–Kier alpha value is -3.13. The van der Waals surface area contributed by atoms with E-state index in [1.807, 2.05) is 42.1 Å². The first-order valence-corrected chi connectivity index (χ1v) is 7.62. The maximum atomic E-state index is 14.1. The van der Waals surface area contributed by atoms with Crippen LogP contribution in [-0.4, -0.2) is 16.6 Å². The molecule has 0 spiro atoms. The van der Waals surface area contributed by atoms with E-state index in [0.717, 1.165) is 12.4 Å². The van der Waals surface area contributed by atoms with Gasteiger partial charge in [-0.3, -0.25) is 0 Å². The van der Waals surface area contributed by atoms with Crippen molar-refractivity contribution in [1.82, 2.24) is 9.55 Å². The summed E-state index contributed by atoms with van der Waals surface area (Å²) in [7, 11) is 1.81. The van der Waals surface area contributed by atoms with Gasteiger partial charge >= 0.3 is 0 Å². The monoisotopic (exact) mass is 320 g/mol. The first-order valence-electron chi connectivity index (χ1n) is 7.62. The number of nitrogens with zero attached hydrogens (tertiary/aromatic N) is 4. The van der Waals surface area contributed by atoms with Crippen LogP contribution < -0.4 is 4.90 Å². The highest BCUT2D eigenvalue weighted by Gasteiger charge is 2.12. The van der Waals surface area contributed by atoms with E-state index in [1.54, 1.807) is 23.2 Å². The zero-order valence-corrected chi connectivity index (χ0v) is 13.4. The van der Waals surface area contributed by atoms with Crippen LogP contribution in [0, 0.1) is 17.1 Å². The molecule has 2 aromatic carbocycles. The fourth-order valence-electron chi connectivity index (χ4n) is 2.60. The van der Waals surface area contributed by atoms with Gasteiger partial charge in [0.2, 0.25) is 0 Å². The smallest absolute Gasteiger partial charge is 0.147 e. The molecule has 0 unspecified atom stereocenters. The summed E-state index contributed by atoms with van der Waals surface area (Å²) in [5, 5.41) is 8.83. The zero-order valence-electron chi connectivity index (χ0n) is 13.4. The molecule has 0 aliphatic carbocycles. The van der Waals surface area contributed by atoms with Crippen LogP contribution in [0.2, 0.25) is 0 Å². The van der Waals surface area contributed by atoms with E-state index >= 15 is 0 Å².